The number of aliphatic hydroxyl groups is 1. The Hall–Kier alpha value is -1.81. The van der Waals surface area contributed by atoms with E-state index in [4.69, 9.17) is 0 Å². The van der Waals surface area contributed by atoms with Crippen molar-refractivity contribution in [3.8, 4) is 0 Å². The summed E-state index contributed by atoms with van der Waals surface area (Å²) >= 11 is 0. The third kappa shape index (κ3) is 2.06. The Morgan fingerprint density at radius 1 is 1.25 bits per heavy atom. The Morgan fingerprint density at radius 3 is 2.56 bits per heavy atom. The van der Waals surface area contributed by atoms with Gasteiger partial charge in [0.05, 0.1) is 0 Å². The Labute approximate surface area is 92.6 Å². The molecular weight excluding hydrogens is 207 g/mol. The van der Waals surface area contributed by atoms with E-state index in [1.54, 1.807) is 31.5 Å². The molecular formula is C12H11FN2O. The Bertz CT molecular complexity index is 488. The fourth-order valence-electron chi connectivity index (χ4n) is 1.44. The molecule has 1 N–H and O–H groups in total. The van der Waals surface area contributed by atoms with Crippen LogP contribution in [0.15, 0.2) is 36.7 Å². The average Bonchev–Trinajstić information content (AvgIpc) is 2.33. The summed E-state index contributed by atoms with van der Waals surface area (Å²) in [5.41, 5.74) is 1.08. The third-order valence-corrected chi connectivity index (χ3v) is 2.33. The largest absolute Gasteiger partial charge is 0.380 e. The van der Waals surface area contributed by atoms with E-state index in [1.807, 2.05) is 0 Å². The van der Waals surface area contributed by atoms with Gasteiger partial charge in [0.25, 0.3) is 0 Å². The lowest BCUT2D eigenvalue weighted by Crippen LogP contribution is -2.05. The van der Waals surface area contributed by atoms with Crippen LogP contribution in [0.1, 0.15) is 23.1 Å². The van der Waals surface area contributed by atoms with E-state index < -0.39 is 6.10 Å². The smallest absolute Gasteiger partial charge is 0.161 e. The highest BCUT2D eigenvalue weighted by molar-refractivity contribution is 5.28. The molecule has 0 saturated heterocycles. The molecule has 0 amide bonds. The number of aryl methyl sites for hydroxylation is 1. The average molecular weight is 218 g/mol. The molecule has 3 nitrogen and oxygen atoms in total. The third-order valence-electron chi connectivity index (χ3n) is 2.33. The van der Waals surface area contributed by atoms with E-state index in [0.717, 1.165) is 0 Å². The zero-order valence-electron chi connectivity index (χ0n) is 8.76. The molecule has 0 spiro atoms. The molecule has 1 aromatic heterocycles. The van der Waals surface area contributed by atoms with Gasteiger partial charge in [0.2, 0.25) is 0 Å². The molecule has 2 aromatic rings. The normalized spacial score (nSPS) is 12.4. The van der Waals surface area contributed by atoms with Crippen LogP contribution >= 0.6 is 0 Å². The van der Waals surface area contributed by atoms with Crippen LogP contribution in [-0.2, 0) is 0 Å². The lowest BCUT2D eigenvalue weighted by atomic mass is 10.1. The van der Waals surface area contributed by atoms with E-state index in [-0.39, 0.29) is 5.82 Å². The van der Waals surface area contributed by atoms with Crippen LogP contribution in [0.2, 0.25) is 0 Å². The quantitative estimate of drug-likeness (QED) is 0.838. The first-order chi connectivity index (χ1) is 7.68. The molecule has 0 aliphatic carbocycles. The van der Waals surface area contributed by atoms with Crippen molar-refractivity contribution in [2.24, 2.45) is 0 Å². The van der Waals surface area contributed by atoms with E-state index in [0.29, 0.717) is 17.0 Å². The van der Waals surface area contributed by atoms with Gasteiger partial charge in [0, 0.05) is 12.4 Å². The number of nitrogens with zero attached hydrogens (tertiary/aromatic N) is 2. The van der Waals surface area contributed by atoms with Crippen LogP contribution < -0.4 is 0 Å². The van der Waals surface area contributed by atoms with Crippen LogP contribution in [0.4, 0.5) is 4.39 Å². The van der Waals surface area contributed by atoms with Crippen molar-refractivity contribution >= 4 is 0 Å². The number of rotatable bonds is 2. The molecule has 1 aromatic carbocycles. The fraction of sp³-hybridized carbons (Fsp3) is 0.167. The summed E-state index contributed by atoms with van der Waals surface area (Å²) < 4.78 is 13.1. The van der Waals surface area contributed by atoms with Crippen molar-refractivity contribution in [2.75, 3.05) is 0 Å². The number of hydrogen-bond donors (Lipinski definition) is 1. The summed E-state index contributed by atoms with van der Waals surface area (Å²) in [6, 6.07) is 6.13. The standard InChI is InChI=1S/C12H11FN2O/c1-8-7-9(3-4-10(8)13)11(16)12-14-5-2-6-15-12/h2-7,11,16H,1H3. The van der Waals surface area contributed by atoms with E-state index in [1.165, 1.54) is 12.1 Å². The van der Waals surface area contributed by atoms with Gasteiger partial charge >= 0.3 is 0 Å². The Morgan fingerprint density at radius 2 is 1.94 bits per heavy atom. The summed E-state index contributed by atoms with van der Waals surface area (Å²) in [6.45, 7) is 1.65. The molecule has 0 saturated carbocycles. The number of benzene rings is 1. The van der Waals surface area contributed by atoms with Gasteiger partial charge in [-0.15, -0.1) is 0 Å². The Kier molecular flexibility index (Phi) is 2.92. The maximum Gasteiger partial charge on any atom is 0.161 e. The maximum atomic E-state index is 13.1. The van der Waals surface area contributed by atoms with Crippen LogP contribution in [0, 0.1) is 12.7 Å². The lowest BCUT2D eigenvalue weighted by Gasteiger charge is -2.10. The topological polar surface area (TPSA) is 46.0 Å². The minimum atomic E-state index is -0.916. The Balaban J connectivity index is 2.34. The second kappa shape index (κ2) is 4.37. The maximum absolute atomic E-state index is 13.1. The highest BCUT2D eigenvalue weighted by Gasteiger charge is 2.13. The molecule has 0 fully saturated rings. The van der Waals surface area contributed by atoms with Crippen molar-refractivity contribution in [1.29, 1.82) is 0 Å². The van der Waals surface area contributed by atoms with Crippen molar-refractivity contribution in [1.82, 2.24) is 9.97 Å². The number of aliphatic hydroxyl groups excluding tert-OH is 1. The zero-order valence-corrected chi connectivity index (χ0v) is 8.76. The first-order valence-electron chi connectivity index (χ1n) is 4.89. The highest BCUT2D eigenvalue weighted by atomic mass is 19.1. The van der Waals surface area contributed by atoms with Gasteiger partial charge in [-0.05, 0) is 30.2 Å². The zero-order chi connectivity index (χ0) is 11.5. The van der Waals surface area contributed by atoms with Crippen molar-refractivity contribution in [3.05, 3.63) is 59.4 Å². The molecule has 1 atom stereocenters. The summed E-state index contributed by atoms with van der Waals surface area (Å²) in [4.78, 5) is 7.90. The van der Waals surface area contributed by atoms with E-state index >= 15 is 0 Å². The van der Waals surface area contributed by atoms with Gasteiger partial charge in [0.15, 0.2) is 5.82 Å². The second-order valence-corrected chi connectivity index (χ2v) is 3.52. The molecule has 82 valence electrons. The summed E-state index contributed by atoms with van der Waals surface area (Å²) in [6.07, 6.45) is 2.20. The molecule has 0 radical (unpaired) electrons. The van der Waals surface area contributed by atoms with Crippen molar-refractivity contribution in [2.45, 2.75) is 13.0 Å². The molecule has 1 unspecified atom stereocenters. The first-order valence-corrected chi connectivity index (χ1v) is 4.89. The molecule has 4 heteroatoms. The van der Waals surface area contributed by atoms with Crippen LogP contribution in [0.25, 0.3) is 0 Å². The molecule has 0 aliphatic rings. The molecule has 0 aliphatic heterocycles. The SMILES string of the molecule is Cc1cc(C(O)c2ncccn2)ccc1F. The predicted molar refractivity (Wildman–Crippen MR) is 57.2 cm³/mol. The van der Waals surface area contributed by atoms with Crippen LogP contribution in [0.5, 0.6) is 0 Å². The molecule has 2 rings (SSSR count). The van der Waals surface area contributed by atoms with Gasteiger partial charge in [0.1, 0.15) is 11.9 Å². The van der Waals surface area contributed by atoms with Gasteiger partial charge < -0.3 is 5.11 Å². The van der Waals surface area contributed by atoms with Crippen LogP contribution in [-0.4, -0.2) is 15.1 Å². The van der Waals surface area contributed by atoms with Crippen molar-refractivity contribution < 1.29 is 9.50 Å². The molecule has 1 heterocycles. The lowest BCUT2D eigenvalue weighted by molar-refractivity contribution is 0.209. The van der Waals surface area contributed by atoms with E-state index in [9.17, 15) is 9.50 Å². The van der Waals surface area contributed by atoms with Crippen LogP contribution in [0.3, 0.4) is 0 Å². The predicted octanol–water partition coefficient (Wildman–Crippen LogP) is 2.01. The minimum absolute atomic E-state index is 0.287. The van der Waals surface area contributed by atoms with Gasteiger partial charge in [-0.2, -0.15) is 0 Å². The number of hydrogen-bond acceptors (Lipinski definition) is 3. The van der Waals surface area contributed by atoms with E-state index in [2.05, 4.69) is 9.97 Å². The number of halogens is 1. The monoisotopic (exact) mass is 218 g/mol. The van der Waals surface area contributed by atoms with Crippen molar-refractivity contribution in [3.63, 3.8) is 0 Å². The second-order valence-electron chi connectivity index (χ2n) is 3.52. The van der Waals surface area contributed by atoms with Gasteiger partial charge in [-0.3, -0.25) is 0 Å². The fourth-order valence-corrected chi connectivity index (χ4v) is 1.44. The molecule has 0 bridgehead atoms. The summed E-state index contributed by atoms with van der Waals surface area (Å²) in [5.74, 6) is 0.0263. The van der Waals surface area contributed by atoms with Gasteiger partial charge in [-0.25, -0.2) is 14.4 Å². The first kappa shape index (κ1) is 10.7. The molecule has 16 heavy (non-hydrogen) atoms. The van der Waals surface area contributed by atoms with Gasteiger partial charge in [-0.1, -0.05) is 12.1 Å². The summed E-state index contributed by atoms with van der Waals surface area (Å²) in [7, 11) is 0. The minimum Gasteiger partial charge on any atom is -0.380 e. The number of aromatic nitrogens is 2. The highest BCUT2D eigenvalue weighted by Crippen LogP contribution is 2.20. The summed E-state index contributed by atoms with van der Waals surface area (Å²) in [5, 5.41) is 9.96.